The van der Waals surface area contributed by atoms with Crippen LogP contribution >= 0.6 is 0 Å². The number of nitrogens with zero attached hydrogens (tertiary/aromatic N) is 1. The molecule has 72 valence electrons. The summed E-state index contributed by atoms with van der Waals surface area (Å²) < 4.78 is 5.06. The topological polar surface area (TPSA) is 53.7 Å². The molecule has 4 heteroatoms. The molecule has 1 rings (SSSR count). The van der Waals surface area contributed by atoms with E-state index in [0.717, 1.165) is 0 Å². The maximum absolute atomic E-state index is 10.8. The van der Waals surface area contributed by atoms with Gasteiger partial charge in [0.1, 0.15) is 0 Å². The van der Waals surface area contributed by atoms with Crippen molar-refractivity contribution in [3.8, 4) is 0 Å². The maximum atomic E-state index is 10.8. The molecule has 0 saturated carbocycles. The highest BCUT2D eigenvalue weighted by Gasteiger charge is 2.27. The number of anilines is 1. The molecule has 0 atom stereocenters. The average molecular weight is 183 g/mol. The first-order valence-electron chi connectivity index (χ1n) is 4.01. The standard InChI is InChI=1S/C9H13NO3/c1-9(2,6-11)10(7-12)8-4-3-5-13-8/h3-5,7,11H,6H2,1-2H3. The Morgan fingerprint density at radius 3 is 2.77 bits per heavy atom. The van der Waals surface area contributed by atoms with Crippen LogP contribution in [0.15, 0.2) is 22.8 Å². The number of hydrogen-bond acceptors (Lipinski definition) is 3. The molecular weight excluding hydrogens is 170 g/mol. The third-order valence-corrected chi connectivity index (χ3v) is 1.89. The maximum Gasteiger partial charge on any atom is 0.217 e. The summed E-state index contributed by atoms with van der Waals surface area (Å²) in [6.45, 7) is 3.39. The fraction of sp³-hybridized carbons (Fsp3) is 0.444. The van der Waals surface area contributed by atoms with E-state index in [4.69, 9.17) is 9.52 Å². The Morgan fingerprint density at radius 1 is 1.69 bits per heavy atom. The van der Waals surface area contributed by atoms with Crippen LogP contribution in [-0.4, -0.2) is 23.7 Å². The van der Waals surface area contributed by atoms with Gasteiger partial charge in [-0.25, -0.2) is 0 Å². The summed E-state index contributed by atoms with van der Waals surface area (Å²) >= 11 is 0. The molecule has 0 unspecified atom stereocenters. The Morgan fingerprint density at radius 2 is 2.38 bits per heavy atom. The molecule has 0 radical (unpaired) electrons. The number of aliphatic hydroxyl groups is 1. The zero-order valence-electron chi connectivity index (χ0n) is 7.73. The second-order valence-electron chi connectivity index (χ2n) is 3.40. The van der Waals surface area contributed by atoms with Crippen molar-refractivity contribution in [1.29, 1.82) is 0 Å². The molecule has 0 aliphatic carbocycles. The number of rotatable bonds is 4. The molecule has 1 aromatic rings. The second-order valence-corrected chi connectivity index (χ2v) is 3.40. The minimum Gasteiger partial charge on any atom is -0.448 e. The van der Waals surface area contributed by atoms with E-state index in [1.807, 2.05) is 0 Å². The molecule has 1 aromatic heterocycles. The van der Waals surface area contributed by atoms with Crippen molar-refractivity contribution >= 4 is 12.3 Å². The summed E-state index contributed by atoms with van der Waals surface area (Å²) in [6.07, 6.45) is 2.13. The van der Waals surface area contributed by atoms with E-state index >= 15 is 0 Å². The number of carbonyl (C=O) groups excluding carboxylic acids is 1. The highest BCUT2D eigenvalue weighted by molar-refractivity contribution is 5.74. The van der Waals surface area contributed by atoms with Crippen molar-refractivity contribution in [1.82, 2.24) is 0 Å². The first-order valence-corrected chi connectivity index (χ1v) is 4.01. The monoisotopic (exact) mass is 183 g/mol. The molecule has 1 amide bonds. The minimum absolute atomic E-state index is 0.119. The highest BCUT2D eigenvalue weighted by Crippen LogP contribution is 2.21. The van der Waals surface area contributed by atoms with Gasteiger partial charge >= 0.3 is 0 Å². The van der Waals surface area contributed by atoms with Gasteiger partial charge in [-0.2, -0.15) is 0 Å². The summed E-state index contributed by atoms with van der Waals surface area (Å²) in [6, 6.07) is 3.37. The summed E-state index contributed by atoms with van der Waals surface area (Å²) in [5.41, 5.74) is -0.639. The van der Waals surface area contributed by atoms with Gasteiger partial charge in [-0.1, -0.05) is 0 Å². The third-order valence-electron chi connectivity index (χ3n) is 1.89. The number of furan rings is 1. The lowest BCUT2D eigenvalue weighted by atomic mass is 10.1. The molecule has 0 fully saturated rings. The second kappa shape index (κ2) is 3.62. The normalized spacial score (nSPS) is 11.3. The molecule has 0 bridgehead atoms. The van der Waals surface area contributed by atoms with Gasteiger partial charge in [-0.15, -0.1) is 0 Å². The number of carbonyl (C=O) groups is 1. The van der Waals surface area contributed by atoms with Crippen LogP contribution in [0.25, 0.3) is 0 Å². The van der Waals surface area contributed by atoms with Crippen molar-refractivity contribution in [3.05, 3.63) is 18.4 Å². The Hall–Kier alpha value is -1.29. The van der Waals surface area contributed by atoms with Crippen LogP contribution in [0, 0.1) is 0 Å². The largest absolute Gasteiger partial charge is 0.448 e. The molecule has 0 saturated heterocycles. The molecular formula is C9H13NO3. The van der Waals surface area contributed by atoms with Gasteiger partial charge in [-0.05, 0) is 19.9 Å². The third kappa shape index (κ3) is 1.89. The Balaban J connectivity index is 2.92. The van der Waals surface area contributed by atoms with Crippen molar-refractivity contribution in [2.45, 2.75) is 19.4 Å². The predicted molar refractivity (Wildman–Crippen MR) is 48.4 cm³/mol. The number of hydrogen-bond donors (Lipinski definition) is 1. The molecule has 1 N–H and O–H groups in total. The molecule has 0 aliphatic heterocycles. The predicted octanol–water partition coefficient (Wildman–Crippen LogP) is 1.01. The van der Waals surface area contributed by atoms with E-state index in [1.54, 1.807) is 26.0 Å². The van der Waals surface area contributed by atoms with E-state index in [2.05, 4.69) is 0 Å². The molecule has 0 aromatic carbocycles. The minimum atomic E-state index is -0.639. The lowest BCUT2D eigenvalue weighted by Gasteiger charge is -2.31. The van der Waals surface area contributed by atoms with Crippen molar-refractivity contribution in [2.75, 3.05) is 11.5 Å². The van der Waals surface area contributed by atoms with Crippen molar-refractivity contribution in [2.24, 2.45) is 0 Å². The van der Waals surface area contributed by atoms with E-state index in [0.29, 0.717) is 12.3 Å². The van der Waals surface area contributed by atoms with Gasteiger partial charge in [0.2, 0.25) is 12.3 Å². The summed E-state index contributed by atoms with van der Waals surface area (Å²) in [7, 11) is 0. The summed E-state index contributed by atoms with van der Waals surface area (Å²) in [4.78, 5) is 12.1. The van der Waals surface area contributed by atoms with E-state index in [1.165, 1.54) is 11.2 Å². The quantitative estimate of drug-likeness (QED) is 0.709. The highest BCUT2D eigenvalue weighted by atomic mass is 16.3. The fourth-order valence-corrected chi connectivity index (χ4v) is 0.976. The lowest BCUT2D eigenvalue weighted by molar-refractivity contribution is -0.108. The van der Waals surface area contributed by atoms with Crippen LogP contribution in [0.3, 0.4) is 0 Å². The zero-order chi connectivity index (χ0) is 9.90. The van der Waals surface area contributed by atoms with Crippen molar-refractivity contribution in [3.63, 3.8) is 0 Å². The van der Waals surface area contributed by atoms with Crippen LogP contribution in [0.2, 0.25) is 0 Å². The first kappa shape index (κ1) is 9.80. The van der Waals surface area contributed by atoms with Crippen LogP contribution < -0.4 is 4.90 Å². The van der Waals surface area contributed by atoms with E-state index in [-0.39, 0.29) is 6.61 Å². The fourth-order valence-electron chi connectivity index (χ4n) is 0.976. The van der Waals surface area contributed by atoms with E-state index < -0.39 is 5.54 Å². The van der Waals surface area contributed by atoms with Gasteiger partial charge in [0.05, 0.1) is 18.4 Å². The lowest BCUT2D eigenvalue weighted by Crippen LogP contribution is -2.46. The SMILES string of the molecule is CC(C)(CO)N(C=O)c1ccco1. The van der Waals surface area contributed by atoms with Gasteiger partial charge in [0.15, 0.2) is 0 Å². The molecule has 1 heterocycles. The molecule has 0 aliphatic rings. The summed E-state index contributed by atoms with van der Waals surface area (Å²) in [5, 5.41) is 9.05. The van der Waals surface area contributed by atoms with Crippen molar-refractivity contribution < 1.29 is 14.3 Å². The van der Waals surface area contributed by atoms with Crippen LogP contribution in [0.1, 0.15) is 13.8 Å². The average Bonchev–Trinajstić information content (AvgIpc) is 2.58. The Labute approximate surface area is 76.8 Å². The zero-order valence-corrected chi connectivity index (χ0v) is 7.73. The van der Waals surface area contributed by atoms with Gasteiger partial charge in [-0.3, -0.25) is 9.69 Å². The Kier molecular flexibility index (Phi) is 2.72. The smallest absolute Gasteiger partial charge is 0.217 e. The molecule has 4 nitrogen and oxygen atoms in total. The van der Waals surface area contributed by atoms with Crippen LogP contribution in [-0.2, 0) is 4.79 Å². The van der Waals surface area contributed by atoms with Crippen LogP contribution in [0.5, 0.6) is 0 Å². The van der Waals surface area contributed by atoms with Gasteiger partial charge in [0.25, 0.3) is 0 Å². The van der Waals surface area contributed by atoms with Crippen LogP contribution in [0.4, 0.5) is 5.88 Å². The molecule has 13 heavy (non-hydrogen) atoms. The van der Waals surface area contributed by atoms with Gasteiger partial charge < -0.3 is 9.52 Å². The van der Waals surface area contributed by atoms with Gasteiger partial charge in [0, 0.05) is 6.07 Å². The number of aliphatic hydroxyl groups excluding tert-OH is 1. The first-order chi connectivity index (χ1) is 6.11. The summed E-state index contributed by atoms with van der Waals surface area (Å²) in [5.74, 6) is 0.439. The Bertz CT molecular complexity index is 266. The number of amides is 1. The molecule has 0 spiro atoms. The van der Waals surface area contributed by atoms with E-state index in [9.17, 15) is 4.79 Å².